The molecule has 1 radical (unpaired) electrons. The van der Waals surface area contributed by atoms with Crippen LogP contribution in [-0.2, 0) is 11.2 Å². The van der Waals surface area contributed by atoms with Gasteiger partial charge in [-0.3, -0.25) is 10.5 Å². The zero-order chi connectivity index (χ0) is 6.69. The lowest BCUT2D eigenvalue weighted by Gasteiger charge is -1.83. The van der Waals surface area contributed by atoms with Crippen LogP contribution in [0.5, 0.6) is 0 Å². The average molecular weight is 124 g/mol. The van der Waals surface area contributed by atoms with E-state index in [0.717, 1.165) is 0 Å². The second-order valence-corrected chi connectivity index (χ2v) is 1.66. The topological polar surface area (TPSA) is 69.6 Å². The Morgan fingerprint density at radius 1 is 1.89 bits per heavy atom. The van der Waals surface area contributed by atoms with Gasteiger partial charge in [0, 0.05) is 6.20 Å². The lowest BCUT2D eigenvalue weighted by molar-refractivity contribution is -0.118. The number of nitrogens with one attached hydrogen (secondary N) is 2. The van der Waals surface area contributed by atoms with Crippen LogP contribution in [0.2, 0.25) is 0 Å². The standard InChI is InChI=1S/C5H6N3O/c6-5(9)1-4-2-7-3-8-4/h2-3,6H,1H2,(H,7,8). The van der Waals surface area contributed by atoms with Crippen molar-refractivity contribution in [1.29, 1.82) is 0 Å². The summed E-state index contributed by atoms with van der Waals surface area (Å²) in [6.45, 7) is 0. The molecule has 0 aliphatic rings. The summed E-state index contributed by atoms with van der Waals surface area (Å²) >= 11 is 0. The van der Waals surface area contributed by atoms with E-state index in [9.17, 15) is 4.79 Å². The van der Waals surface area contributed by atoms with Crippen LogP contribution in [0.4, 0.5) is 0 Å². The Labute approximate surface area is 52.1 Å². The molecule has 2 N–H and O–H groups in total. The largest absolute Gasteiger partial charge is 0.351 e. The average Bonchev–Trinajstić information content (AvgIpc) is 2.15. The molecule has 0 aliphatic carbocycles. The molecule has 0 unspecified atom stereocenters. The quantitative estimate of drug-likeness (QED) is 0.591. The summed E-state index contributed by atoms with van der Waals surface area (Å²) in [6, 6.07) is 0. The minimum absolute atomic E-state index is 0.101. The minimum Gasteiger partial charge on any atom is -0.351 e. The highest BCUT2D eigenvalue weighted by Gasteiger charge is 1.98. The number of H-pyrrole nitrogens is 1. The Morgan fingerprint density at radius 3 is 3.11 bits per heavy atom. The maximum Gasteiger partial charge on any atom is 0.244 e. The lowest BCUT2D eigenvalue weighted by Crippen LogP contribution is -2.01. The third kappa shape index (κ3) is 1.56. The van der Waals surface area contributed by atoms with E-state index in [4.69, 9.17) is 5.73 Å². The van der Waals surface area contributed by atoms with E-state index in [0.29, 0.717) is 5.69 Å². The molecule has 1 aromatic heterocycles. The maximum absolute atomic E-state index is 10.1. The van der Waals surface area contributed by atoms with E-state index in [1.807, 2.05) is 0 Å². The highest BCUT2D eigenvalue weighted by Crippen LogP contribution is 1.90. The molecular weight excluding hydrogens is 118 g/mol. The zero-order valence-corrected chi connectivity index (χ0v) is 4.72. The molecule has 4 nitrogen and oxygen atoms in total. The van der Waals surface area contributed by atoms with Gasteiger partial charge in [0.1, 0.15) is 0 Å². The van der Waals surface area contributed by atoms with Gasteiger partial charge in [-0.2, -0.15) is 0 Å². The van der Waals surface area contributed by atoms with Gasteiger partial charge in [-0.15, -0.1) is 0 Å². The molecule has 1 aromatic rings. The molecule has 0 bridgehead atoms. The molecule has 1 heterocycles. The molecular formula is C5H6N3O. The second-order valence-electron chi connectivity index (χ2n) is 1.66. The predicted octanol–water partition coefficient (Wildman–Crippen LogP) is -0.238. The number of aromatic amines is 1. The third-order valence-electron chi connectivity index (χ3n) is 0.897. The van der Waals surface area contributed by atoms with Gasteiger partial charge in [0.15, 0.2) is 0 Å². The molecule has 0 saturated heterocycles. The first-order chi connectivity index (χ1) is 4.29. The molecule has 1 rings (SSSR count). The highest BCUT2D eigenvalue weighted by atomic mass is 16.1. The number of hydrogen-bond donors (Lipinski definition) is 1. The van der Waals surface area contributed by atoms with Gasteiger partial charge in [0.2, 0.25) is 5.91 Å². The van der Waals surface area contributed by atoms with Crippen molar-refractivity contribution in [2.45, 2.75) is 6.42 Å². The summed E-state index contributed by atoms with van der Waals surface area (Å²) in [4.78, 5) is 16.6. The Morgan fingerprint density at radius 2 is 2.67 bits per heavy atom. The number of amides is 1. The zero-order valence-electron chi connectivity index (χ0n) is 4.72. The van der Waals surface area contributed by atoms with Gasteiger partial charge in [-0.05, 0) is 0 Å². The highest BCUT2D eigenvalue weighted by molar-refractivity contribution is 5.75. The molecule has 0 atom stereocenters. The van der Waals surface area contributed by atoms with Crippen LogP contribution in [0.1, 0.15) is 5.69 Å². The Balaban J connectivity index is 2.58. The van der Waals surface area contributed by atoms with Gasteiger partial charge in [-0.1, -0.05) is 0 Å². The van der Waals surface area contributed by atoms with E-state index >= 15 is 0 Å². The fraction of sp³-hybridized carbons (Fsp3) is 0.200. The van der Waals surface area contributed by atoms with Crippen molar-refractivity contribution in [3.05, 3.63) is 18.2 Å². The molecule has 0 spiro atoms. The van der Waals surface area contributed by atoms with Crippen molar-refractivity contribution in [2.75, 3.05) is 0 Å². The number of aromatic nitrogens is 2. The van der Waals surface area contributed by atoms with Crippen molar-refractivity contribution < 1.29 is 4.79 Å². The summed E-state index contributed by atoms with van der Waals surface area (Å²) in [6.07, 6.45) is 3.19. The molecule has 1 amide bonds. The molecule has 0 aliphatic heterocycles. The number of rotatable bonds is 2. The lowest BCUT2D eigenvalue weighted by atomic mass is 10.3. The molecule has 9 heavy (non-hydrogen) atoms. The van der Waals surface area contributed by atoms with Crippen molar-refractivity contribution in [1.82, 2.24) is 15.7 Å². The first kappa shape index (κ1) is 5.81. The van der Waals surface area contributed by atoms with E-state index in [1.54, 1.807) is 6.20 Å². The summed E-state index contributed by atoms with van der Waals surface area (Å²) in [5.74, 6) is -0.609. The summed E-state index contributed by atoms with van der Waals surface area (Å²) < 4.78 is 0. The molecule has 0 fully saturated rings. The van der Waals surface area contributed by atoms with E-state index in [1.165, 1.54) is 6.33 Å². The maximum atomic E-state index is 10.1. The van der Waals surface area contributed by atoms with Crippen molar-refractivity contribution in [2.24, 2.45) is 0 Å². The van der Waals surface area contributed by atoms with E-state index in [-0.39, 0.29) is 6.42 Å². The Kier molecular flexibility index (Phi) is 1.48. The number of nitrogens with zero attached hydrogens (tertiary/aromatic N) is 1. The van der Waals surface area contributed by atoms with Crippen LogP contribution in [0, 0.1) is 0 Å². The minimum atomic E-state index is -0.609. The van der Waals surface area contributed by atoms with Crippen molar-refractivity contribution in [3.63, 3.8) is 0 Å². The SMILES string of the molecule is [NH]C(=O)Cc1c[nH]cn1. The first-order valence-electron chi connectivity index (χ1n) is 2.51. The van der Waals surface area contributed by atoms with Gasteiger partial charge in [0.25, 0.3) is 0 Å². The number of imidazole rings is 1. The first-order valence-corrected chi connectivity index (χ1v) is 2.51. The summed E-state index contributed by atoms with van der Waals surface area (Å²) in [5.41, 5.74) is 7.18. The second kappa shape index (κ2) is 2.30. The molecule has 47 valence electrons. The van der Waals surface area contributed by atoms with Crippen LogP contribution in [0.15, 0.2) is 12.5 Å². The van der Waals surface area contributed by atoms with Crippen LogP contribution in [-0.4, -0.2) is 15.9 Å². The van der Waals surface area contributed by atoms with Crippen molar-refractivity contribution in [3.8, 4) is 0 Å². The molecule has 0 saturated carbocycles. The van der Waals surface area contributed by atoms with Gasteiger partial charge < -0.3 is 4.98 Å². The fourth-order valence-electron chi connectivity index (χ4n) is 0.552. The third-order valence-corrected chi connectivity index (χ3v) is 0.897. The summed E-state index contributed by atoms with van der Waals surface area (Å²) in [7, 11) is 0. The smallest absolute Gasteiger partial charge is 0.244 e. The van der Waals surface area contributed by atoms with Gasteiger partial charge >= 0.3 is 0 Å². The number of carbonyl (C=O) groups excluding carboxylic acids is 1. The summed E-state index contributed by atoms with van der Waals surface area (Å²) in [5, 5.41) is 0. The van der Waals surface area contributed by atoms with Crippen LogP contribution >= 0.6 is 0 Å². The molecule has 4 heteroatoms. The van der Waals surface area contributed by atoms with Crippen LogP contribution in [0.3, 0.4) is 0 Å². The fourth-order valence-corrected chi connectivity index (χ4v) is 0.552. The number of carbonyl (C=O) groups is 1. The van der Waals surface area contributed by atoms with Gasteiger partial charge in [-0.25, -0.2) is 4.98 Å². The monoisotopic (exact) mass is 124 g/mol. The van der Waals surface area contributed by atoms with E-state index < -0.39 is 5.91 Å². The normalized spacial score (nSPS) is 9.33. The molecule has 0 aromatic carbocycles. The van der Waals surface area contributed by atoms with Crippen molar-refractivity contribution >= 4 is 5.91 Å². The Hall–Kier alpha value is -1.32. The Bertz CT molecular complexity index is 192. The van der Waals surface area contributed by atoms with Crippen LogP contribution in [0.25, 0.3) is 0 Å². The number of hydrogen-bond acceptors (Lipinski definition) is 2. The van der Waals surface area contributed by atoms with Gasteiger partial charge in [0.05, 0.1) is 18.4 Å². The van der Waals surface area contributed by atoms with Crippen LogP contribution < -0.4 is 5.73 Å². The van der Waals surface area contributed by atoms with E-state index in [2.05, 4.69) is 9.97 Å². The predicted molar refractivity (Wildman–Crippen MR) is 30.4 cm³/mol.